The molecular formula is C26H28O5. The van der Waals surface area contributed by atoms with E-state index < -0.39 is 6.10 Å². The van der Waals surface area contributed by atoms with Crippen LogP contribution >= 0.6 is 0 Å². The van der Waals surface area contributed by atoms with Crippen LogP contribution in [0.15, 0.2) is 51.2 Å². The molecule has 4 rings (SSSR count). The summed E-state index contributed by atoms with van der Waals surface area (Å²) in [5.74, 6) is 0.700. The Balaban J connectivity index is 2.12. The summed E-state index contributed by atoms with van der Waals surface area (Å²) in [6.07, 6.45) is 1.84. The van der Waals surface area contributed by atoms with Crippen LogP contribution in [0.5, 0.6) is 11.5 Å². The van der Waals surface area contributed by atoms with Crippen molar-refractivity contribution in [3.63, 3.8) is 0 Å². The molecule has 0 saturated carbocycles. The van der Waals surface area contributed by atoms with E-state index in [-0.39, 0.29) is 11.3 Å². The first-order chi connectivity index (χ1) is 14.7. The molecule has 1 N–H and O–H groups in total. The first-order valence-electron chi connectivity index (χ1n) is 10.4. The quantitative estimate of drug-likeness (QED) is 0.453. The summed E-state index contributed by atoms with van der Waals surface area (Å²) in [4.78, 5) is 13.8. The summed E-state index contributed by atoms with van der Waals surface area (Å²) < 4.78 is 17.8. The molecule has 162 valence electrons. The first kappa shape index (κ1) is 21.2. The lowest BCUT2D eigenvalue weighted by molar-refractivity contribution is 0.0701. The number of aryl methyl sites for hydroxylation is 1. The number of hydrogen-bond acceptors (Lipinski definition) is 5. The molecule has 2 atom stereocenters. The SMILES string of the molecule is C=C(C)[C@H]1COc2c(C)cc3oc4c(CC=C(C)C)ccc(OC)c4c(=O)c3c2[C@@H]1O. The van der Waals surface area contributed by atoms with E-state index in [0.717, 1.165) is 16.7 Å². The van der Waals surface area contributed by atoms with E-state index in [4.69, 9.17) is 13.9 Å². The number of methoxy groups -OCH3 is 1. The molecule has 1 aliphatic rings. The van der Waals surface area contributed by atoms with Gasteiger partial charge < -0.3 is 19.0 Å². The topological polar surface area (TPSA) is 68.9 Å². The Morgan fingerprint density at radius 2 is 2.03 bits per heavy atom. The van der Waals surface area contributed by atoms with Crippen molar-refractivity contribution in [2.75, 3.05) is 13.7 Å². The number of allylic oxidation sites excluding steroid dienone is 2. The van der Waals surface area contributed by atoms with E-state index >= 15 is 0 Å². The Kier molecular flexibility index (Phi) is 5.40. The predicted octanol–water partition coefficient (Wildman–Crippen LogP) is 5.39. The largest absolute Gasteiger partial charge is 0.496 e. The van der Waals surface area contributed by atoms with Gasteiger partial charge in [0.2, 0.25) is 5.43 Å². The average molecular weight is 421 g/mol. The maximum atomic E-state index is 13.8. The van der Waals surface area contributed by atoms with Gasteiger partial charge in [0.1, 0.15) is 28.1 Å². The second-order valence-corrected chi connectivity index (χ2v) is 8.57. The highest BCUT2D eigenvalue weighted by Crippen LogP contribution is 2.44. The average Bonchev–Trinajstić information content (AvgIpc) is 2.72. The number of fused-ring (bicyclic) bond motifs is 4. The molecular weight excluding hydrogens is 392 g/mol. The van der Waals surface area contributed by atoms with E-state index in [1.807, 2.05) is 39.8 Å². The van der Waals surface area contributed by atoms with Crippen molar-refractivity contribution < 1.29 is 19.0 Å². The minimum Gasteiger partial charge on any atom is -0.496 e. The molecule has 3 aromatic rings. The lowest BCUT2D eigenvalue weighted by Crippen LogP contribution is -2.28. The Morgan fingerprint density at radius 1 is 1.29 bits per heavy atom. The standard InChI is InChI=1S/C26H28O5/c1-13(2)7-8-16-9-10-18(29-6)21-24(28)20-19(31-26(16)21)11-15(5)25-22(20)23(27)17(12-30-25)14(3)4/h7,9-11,17,23,27H,3,8,12H2,1-2,4-6H3/t17-,23-/m1/s1. The van der Waals surface area contributed by atoms with Crippen molar-refractivity contribution in [3.8, 4) is 11.5 Å². The third kappa shape index (κ3) is 3.43. The second kappa shape index (κ2) is 7.89. The van der Waals surface area contributed by atoms with Crippen molar-refractivity contribution in [1.82, 2.24) is 0 Å². The van der Waals surface area contributed by atoms with Gasteiger partial charge in [-0.1, -0.05) is 29.9 Å². The lowest BCUT2D eigenvalue weighted by atomic mass is 9.85. The van der Waals surface area contributed by atoms with Crippen LogP contribution in [0, 0.1) is 12.8 Å². The number of aliphatic hydroxyl groups excluding tert-OH is 1. The fourth-order valence-electron chi connectivity index (χ4n) is 4.28. The van der Waals surface area contributed by atoms with E-state index in [2.05, 4.69) is 12.7 Å². The van der Waals surface area contributed by atoms with Crippen molar-refractivity contribution in [2.24, 2.45) is 5.92 Å². The molecule has 31 heavy (non-hydrogen) atoms. The van der Waals surface area contributed by atoms with Crippen molar-refractivity contribution in [2.45, 2.75) is 40.2 Å². The van der Waals surface area contributed by atoms with Crippen LogP contribution in [0.2, 0.25) is 0 Å². The fourth-order valence-corrected chi connectivity index (χ4v) is 4.28. The Hall–Kier alpha value is -3.05. The smallest absolute Gasteiger partial charge is 0.204 e. The maximum Gasteiger partial charge on any atom is 0.204 e. The highest BCUT2D eigenvalue weighted by Gasteiger charge is 2.34. The van der Waals surface area contributed by atoms with E-state index in [1.165, 1.54) is 12.7 Å². The Bertz CT molecular complexity index is 1290. The van der Waals surface area contributed by atoms with Gasteiger partial charge in [-0.2, -0.15) is 0 Å². The maximum absolute atomic E-state index is 13.8. The minimum atomic E-state index is -0.899. The van der Waals surface area contributed by atoms with Crippen molar-refractivity contribution >= 4 is 21.9 Å². The molecule has 2 aromatic carbocycles. The molecule has 1 aliphatic heterocycles. The lowest BCUT2D eigenvalue weighted by Gasteiger charge is -2.32. The van der Waals surface area contributed by atoms with Gasteiger partial charge in [-0.15, -0.1) is 0 Å². The van der Waals surface area contributed by atoms with Crippen LogP contribution in [-0.2, 0) is 6.42 Å². The molecule has 0 amide bonds. The molecule has 5 nitrogen and oxygen atoms in total. The molecule has 0 radical (unpaired) electrons. The number of hydrogen-bond donors (Lipinski definition) is 1. The predicted molar refractivity (Wildman–Crippen MR) is 123 cm³/mol. The van der Waals surface area contributed by atoms with Crippen LogP contribution in [0.4, 0.5) is 0 Å². The zero-order valence-electron chi connectivity index (χ0n) is 18.7. The van der Waals surface area contributed by atoms with Crippen LogP contribution < -0.4 is 14.9 Å². The first-order valence-corrected chi connectivity index (χ1v) is 10.4. The van der Waals surface area contributed by atoms with Gasteiger partial charge in [0.05, 0.1) is 25.2 Å². The monoisotopic (exact) mass is 420 g/mol. The molecule has 0 fully saturated rings. The number of aliphatic hydroxyl groups is 1. The highest BCUT2D eigenvalue weighted by atomic mass is 16.5. The summed E-state index contributed by atoms with van der Waals surface area (Å²) in [6, 6.07) is 5.53. The molecule has 0 spiro atoms. The summed E-state index contributed by atoms with van der Waals surface area (Å²) >= 11 is 0. The Morgan fingerprint density at radius 3 is 2.68 bits per heavy atom. The van der Waals surface area contributed by atoms with Gasteiger partial charge in [-0.05, 0) is 57.4 Å². The summed E-state index contributed by atoms with van der Waals surface area (Å²) in [5.41, 5.74) is 4.90. The van der Waals surface area contributed by atoms with E-state index in [0.29, 0.717) is 52.0 Å². The zero-order chi connectivity index (χ0) is 22.4. The normalized spacial score (nSPS) is 17.9. The third-order valence-corrected chi connectivity index (χ3v) is 6.00. The van der Waals surface area contributed by atoms with Gasteiger partial charge in [0, 0.05) is 11.5 Å². The summed E-state index contributed by atoms with van der Waals surface area (Å²) in [7, 11) is 1.54. The minimum absolute atomic E-state index is 0.228. The fraction of sp³-hybridized carbons (Fsp3) is 0.346. The molecule has 5 heteroatoms. The van der Waals surface area contributed by atoms with Crippen LogP contribution in [-0.4, -0.2) is 18.8 Å². The van der Waals surface area contributed by atoms with Gasteiger partial charge in [0.25, 0.3) is 0 Å². The van der Waals surface area contributed by atoms with Gasteiger partial charge in [0.15, 0.2) is 0 Å². The number of ether oxygens (including phenoxy) is 2. The van der Waals surface area contributed by atoms with Crippen molar-refractivity contribution in [3.05, 3.63) is 68.9 Å². The summed E-state index contributed by atoms with van der Waals surface area (Å²) in [6.45, 7) is 12.1. The van der Waals surface area contributed by atoms with Gasteiger partial charge in [-0.25, -0.2) is 0 Å². The second-order valence-electron chi connectivity index (χ2n) is 8.57. The van der Waals surface area contributed by atoms with Gasteiger partial charge in [-0.3, -0.25) is 4.79 Å². The number of benzene rings is 2. The molecule has 0 saturated heterocycles. The van der Waals surface area contributed by atoms with E-state index in [9.17, 15) is 9.90 Å². The molecule has 0 aliphatic carbocycles. The molecule has 0 bridgehead atoms. The third-order valence-electron chi connectivity index (χ3n) is 6.00. The zero-order valence-corrected chi connectivity index (χ0v) is 18.7. The summed E-state index contributed by atoms with van der Waals surface area (Å²) in [5, 5.41) is 11.9. The highest BCUT2D eigenvalue weighted by molar-refractivity contribution is 5.97. The van der Waals surface area contributed by atoms with Crippen molar-refractivity contribution in [1.29, 1.82) is 0 Å². The molecule has 2 heterocycles. The van der Waals surface area contributed by atoms with Crippen LogP contribution in [0.25, 0.3) is 21.9 Å². The van der Waals surface area contributed by atoms with E-state index in [1.54, 1.807) is 6.07 Å². The van der Waals surface area contributed by atoms with Gasteiger partial charge >= 0.3 is 0 Å². The molecule has 0 unspecified atom stereocenters. The van der Waals surface area contributed by atoms with Crippen LogP contribution in [0.3, 0.4) is 0 Å². The number of rotatable bonds is 4. The molecule has 1 aromatic heterocycles. The Labute approximate surface area is 181 Å². The van der Waals surface area contributed by atoms with Crippen LogP contribution in [0.1, 0.15) is 43.6 Å².